The summed E-state index contributed by atoms with van der Waals surface area (Å²) in [5, 5.41) is 0.467. The van der Waals surface area contributed by atoms with Crippen LogP contribution in [-0.4, -0.2) is 10.1 Å². The first-order chi connectivity index (χ1) is 14.4. The molecule has 1 N–H and O–H groups in total. The van der Waals surface area contributed by atoms with Crippen molar-refractivity contribution in [2.75, 3.05) is 0 Å². The molecule has 1 aliphatic rings. The van der Waals surface area contributed by atoms with Gasteiger partial charge in [0.15, 0.2) is 0 Å². The minimum atomic E-state index is -4.32. The fraction of sp³-hybridized carbons (Fsp3) is 0.500. The molecule has 1 aliphatic heterocycles. The lowest BCUT2D eigenvalue weighted by Crippen LogP contribution is -2.14. The van der Waals surface area contributed by atoms with E-state index in [9.17, 15) is 9.46 Å². The minimum Gasteiger partial charge on any atom is -0.395 e. The number of benzene rings is 2. The van der Waals surface area contributed by atoms with Gasteiger partial charge in [0.05, 0.1) is 4.90 Å². The Morgan fingerprint density at radius 2 is 1.83 bits per heavy atom. The number of phosphoric acid groups is 1. The maximum Gasteiger partial charge on any atom is 0.584 e. The Morgan fingerprint density at radius 1 is 1.07 bits per heavy atom. The average Bonchev–Trinajstić information content (AvgIpc) is 2.72. The molecule has 2 aromatic carbocycles. The van der Waals surface area contributed by atoms with Gasteiger partial charge in [0, 0.05) is 5.25 Å². The second kappa shape index (κ2) is 10.3. The molecule has 0 amide bonds. The largest absolute Gasteiger partial charge is 0.584 e. The van der Waals surface area contributed by atoms with E-state index in [0.29, 0.717) is 16.7 Å². The first-order valence-corrected chi connectivity index (χ1v) is 13.4. The Kier molecular flexibility index (Phi) is 7.95. The molecule has 164 valence electrons. The SMILES string of the molecule is CCCCc1cc(CC)ccc1OP(=O)(O)Oc1c2cc(CC)cc1SC(CC)C2. The normalized spacial score (nSPS) is 17.4. The van der Waals surface area contributed by atoms with Crippen LogP contribution in [0.3, 0.4) is 0 Å². The lowest BCUT2D eigenvalue weighted by atomic mass is 10.0. The zero-order valence-electron chi connectivity index (χ0n) is 18.4. The molecule has 0 saturated carbocycles. The van der Waals surface area contributed by atoms with Gasteiger partial charge in [-0.05, 0) is 72.9 Å². The monoisotopic (exact) mass is 448 g/mol. The average molecular weight is 449 g/mol. The van der Waals surface area contributed by atoms with Crippen molar-refractivity contribution in [3.63, 3.8) is 0 Å². The number of fused-ring (bicyclic) bond motifs is 2. The third kappa shape index (κ3) is 5.63. The third-order valence-corrected chi connectivity index (χ3v) is 7.78. The summed E-state index contributed by atoms with van der Waals surface area (Å²) < 4.78 is 24.3. The van der Waals surface area contributed by atoms with Crippen LogP contribution in [0, 0.1) is 0 Å². The standard InChI is InChI=1S/C24H33O4PS/c1-5-9-10-19-13-17(6-2)11-12-22(19)27-29(25,26)28-24-20-14-18(7-3)15-23(24)30-21(8-4)16-20/h11-15,21H,5-10,16H2,1-4H3,(H,25,26). The third-order valence-electron chi connectivity index (χ3n) is 5.55. The molecule has 0 aromatic heterocycles. The highest BCUT2D eigenvalue weighted by atomic mass is 32.2. The van der Waals surface area contributed by atoms with E-state index >= 15 is 0 Å². The van der Waals surface area contributed by atoms with Crippen LogP contribution < -0.4 is 9.05 Å². The molecular weight excluding hydrogens is 415 g/mol. The van der Waals surface area contributed by atoms with E-state index in [2.05, 4.69) is 45.9 Å². The van der Waals surface area contributed by atoms with Gasteiger partial charge in [-0.25, -0.2) is 4.57 Å². The summed E-state index contributed by atoms with van der Waals surface area (Å²) in [6.07, 6.45) is 6.59. The Labute approximate surface area is 185 Å². The molecule has 6 heteroatoms. The summed E-state index contributed by atoms with van der Waals surface area (Å²) in [4.78, 5) is 11.6. The molecular formula is C24H33O4PS. The highest BCUT2D eigenvalue weighted by Gasteiger charge is 2.32. The molecule has 2 atom stereocenters. The summed E-state index contributed by atoms with van der Waals surface area (Å²) >= 11 is 1.73. The van der Waals surface area contributed by atoms with Crippen LogP contribution in [0.15, 0.2) is 35.2 Å². The van der Waals surface area contributed by atoms with Crippen molar-refractivity contribution in [3.05, 3.63) is 52.6 Å². The summed E-state index contributed by atoms with van der Waals surface area (Å²) in [5.74, 6) is 0.948. The van der Waals surface area contributed by atoms with Crippen molar-refractivity contribution in [2.24, 2.45) is 0 Å². The van der Waals surface area contributed by atoms with Gasteiger partial charge < -0.3 is 9.05 Å². The number of hydrogen-bond acceptors (Lipinski definition) is 4. The number of unbranched alkanes of at least 4 members (excludes halogenated alkanes) is 1. The Balaban J connectivity index is 1.86. The van der Waals surface area contributed by atoms with Crippen molar-refractivity contribution >= 4 is 19.6 Å². The van der Waals surface area contributed by atoms with Gasteiger partial charge >= 0.3 is 7.82 Å². The van der Waals surface area contributed by atoms with Crippen LogP contribution >= 0.6 is 19.6 Å². The predicted molar refractivity (Wildman–Crippen MR) is 125 cm³/mol. The van der Waals surface area contributed by atoms with Crippen molar-refractivity contribution < 1.29 is 18.5 Å². The van der Waals surface area contributed by atoms with E-state index in [1.54, 1.807) is 17.8 Å². The van der Waals surface area contributed by atoms with E-state index < -0.39 is 7.82 Å². The van der Waals surface area contributed by atoms with Gasteiger partial charge in [-0.2, -0.15) is 0 Å². The predicted octanol–water partition coefficient (Wildman–Crippen LogP) is 7.14. The zero-order chi connectivity index (χ0) is 21.7. The quantitative estimate of drug-likeness (QED) is 0.392. The van der Waals surface area contributed by atoms with Gasteiger partial charge in [0.1, 0.15) is 11.5 Å². The zero-order valence-corrected chi connectivity index (χ0v) is 20.2. The molecule has 4 nitrogen and oxygen atoms in total. The van der Waals surface area contributed by atoms with Crippen molar-refractivity contribution in [1.82, 2.24) is 0 Å². The molecule has 0 fully saturated rings. The fourth-order valence-corrected chi connectivity index (χ4v) is 5.99. The molecule has 3 rings (SSSR count). The highest BCUT2D eigenvalue weighted by Crippen LogP contribution is 2.52. The number of aryl methyl sites for hydroxylation is 3. The second-order valence-corrected chi connectivity index (χ2v) is 10.5. The van der Waals surface area contributed by atoms with Crippen molar-refractivity contribution in [2.45, 2.75) is 82.8 Å². The number of phosphoric ester groups is 1. The Morgan fingerprint density at radius 3 is 2.47 bits per heavy atom. The lowest BCUT2D eigenvalue weighted by molar-refractivity contribution is 0.286. The first-order valence-electron chi connectivity index (χ1n) is 11.0. The van der Waals surface area contributed by atoms with Crippen molar-refractivity contribution in [3.8, 4) is 11.5 Å². The highest BCUT2D eigenvalue weighted by molar-refractivity contribution is 8.00. The van der Waals surface area contributed by atoms with Crippen LogP contribution in [0.25, 0.3) is 0 Å². The molecule has 2 aromatic rings. The molecule has 0 saturated heterocycles. The van der Waals surface area contributed by atoms with Crippen LogP contribution in [0.5, 0.6) is 11.5 Å². The Hall–Kier alpha value is -1.42. The van der Waals surface area contributed by atoms with Crippen LogP contribution in [0.2, 0.25) is 0 Å². The van der Waals surface area contributed by atoms with Gasteiger partial charge in [-0.15, -0.1) is 11.8 Å². The topological polar surface area (TPSA) is 55.8 Å². The molecule has 2 unspecified atom stereocenters. The Bertz CT molecular complexity index is 900. The van der Waals surface area contributed by atoms with E-state index in [4.69, 9.17) is 9.05 Å². The fourth-order valence-electron chi connectivity index (χ4n) is 3.73. The van der Waals surface area contributed by atoms with E-state index in [0.717, 1.165) is 61.0 Å². The second-order valence-electron chi connectivity index (χ2n) is 7.84. The van der Waals surface area contributed by atoms with Gasteiger partial charge in [0.2, 0.25) is 0 Å². The summed E-state index contributed by atoms with van der Waals surface area (Å²) in [6.45, 7) is 8.52. The molecule has 0 radical (unpaired) electrons. The van der Waals surface area contributed by atoms with Crippen LogP contribution in [0.1, 0.15) is 69.2 Å². The molecule has 0 spiro atoms. The first kappa shape index (κ1) is 23.2. The molecule has 30 heavy (non-hydrogen) atoms. The van der Waals surface area contributed by atoms with Crippen LogP contribution in [0.4, 0.5) is 0 Å². The van der Waals surface area contributed by atoms with Gasteiger partial charge in [-0.3, -0.25) is 4.89 Å². The van der Waals surface area contributed by atoms with E-state index in [-0.39, 0.29) is 0 Å². The number of rotatable bonds is 10. The summed E-state index contributed by atoms with van der Waals surface area (Å²) in [5.41, 5.74) is 4.38. The van der Waals surface area contributed by atoms with E-state index in [1.807, 2.05) is 6.07 Å². The maximum absolute atomic E-state index is 13.0. The minimum absolute atomic E-state index is 0.441. The van der Waals surface area contributed by atoms with Crippen molar-refractivity contribution in [1.29, 1.82) is 0 Å². The number of hydrogen-bond donors (Lipinski definition) is 1. The molecule has 1 heterocycles. The molecule has 0 aliphatic carbocycles. The smallest absolute Gasteiger partial charge is 0.395 e. The lowest BCUT2D eigenvalue weighted by Gasteiger charge is -2.27. The summed E-state index contributed by atoms with van der Waals surface area (Å²) in [7, 11) is -4.32. The summed E-state index contributed by atoms with van der Waals surface area (Å²) in [6, 6.07) is 10.00. The van der Waals surface area contributed by atoms with Gasteiger partial charge in [0.25, 0.3) is 0 Å². The van der Waals surface area contributed by atoms with Crippen LogP contribution in [-0.2, 0) is 30.2 Å². The number of thioether (sulfide) groups is 1. The molecule has 2 bridgehead atoms. The van der Waals surface area contributed by atoms with E-state index in [1.165, 1.54) is 11.1 Å². The van der Waals surface area contributed by atoms with Gasteiger partial charge in [-0.1, -0.05) is 52.3 Å². The maximum atomic E-state index is 13.0.